The smallest absolute Gasteiger partial charge is 0.338 e. The summed E-state index contributed by atoms with van der Waals surface area (Å²) in [5.41, 5.74) is -0.150. The van der Waals surface area contributed by atoms with Gasteiger partial charge in [-0.1, -0.05) is 0 Å². The van der Waals surface area contributed by atoms with E-state index in [1.807, 2.05) is 0 Å². The summed E-state index contributed by atoms with van der Waals surface area (Å²) < 4.78 is 45.9. The lowest BCUT2D eigenvalue weighted by Gasteiger charge is -2.14. The summed E-state index contributed by atoms with van der Waals surface area (Å²) in [5, 5.41) is 0. The Balaban J connectivity index is 3.19. The fourth-order valence-electron chi connectivity index (χ4n) is 1.63. The third kappa shape index (κ3) is 4.16. The lowest BCUT2D eigenvalue weighted by atomic mass is 10.1. The van der Waals surface area contributed by atoms with Crippen LogP contribution in [0.4, 0.5) is 4.39 Å². The van der Waals surface area contributed by atoms with Crippen molar-refractivity contribution in [1.82, 2.24) is 0 Å². The van der Waals surface area contributed by atoms with Gasteiger partial charge in [0.25, 0.3) is 9.05 Å². The molecule has 0 spiro atoms. The second-order valence-corrected chi connectivity index (χ2v) is 6.72. The maximum atomic E-state index is 13.4. The minimum atomic E-state index is -4.15. The first-order valence-electron chi connectivity index (χ1n) is 5.61. The van der Waals surface area contributed by atoms with E-state index in [2.05, 4.69) is 0 Å². The maximum Gasteiger partial charge on any atom is 0.338 e. The van der Waals surface area contributed by atoms with E-state index in [0.29, 0.717) is 0 Å². The van der Waals surface area contributed by atoms with Gasteiger partial charge in [0.2, 0.25) is 0 Å². The second-order valence-electron chi connectivity index (χ2n) is 4.19. The van der Waals surface area contributed by atoms with Gasteiger partial charge < -0.3 is 9.47 Å². The molecule has 0 saturated heterocycles. The molecule has 0 fully saturated rings. The summed E-state index contributed by atoms with van der Waals surface area (Å²) in [6.07, 6.45) is -0.550. The van der Waals surface area contributed by atoms with Gasteiger partial charge in [-0.3, -0.25) is 0 Å². The number of ether oxygens (including phenoxy) is 2. The molecular formula is C12H14ClFO5S. The number of methoxy groups -OCH3 is 1. The van der Waals surface area contributed by atoms with E-state index in [9.17, 15) is 17.6 Å². The molecule has 0 aliphatic carbocycles. The molecule has 8 heteroatoms. The Morgan fingerprint density at radius 1 is 1.45 bits per heavy atom. The van der Waals surface area contributed by atoms with E-state index in [0.717, 1.165) is 12.1 Å². The van der Waals surface area contributed by atoms with Crippen molar-refractivity contribution in [2.24, 2.45) is 0 Å². The normalized spacial score (nSPS) is 13.1. The Labute approximate surface area is 121 Å². The minimum absolute atomic E-state index is 0.0380. The maximum absolute atomic E-state index is 13.4. The highest BCUT2D eigenvalue weighted by atomic mass is 35.7. The highest BCUT2D eigenvalue weighted by molar-refractivity contribution is 8.13. The highest BCUT2D eigenvalue weighted by Crippen LogP contribution is 2.25. The van der Waals surface area contributed by atoms with Crippen molar-refractivity contribution in [3.05, 3.63) is 29.1 Å². The van der Waals surface area contributed by atoms with E-state index in [-0.39, 0.29) is 17.7 Å². The standard InChI is InChI=1S/C12H14ClFO5S/c1-7(6-18-3)19-12(15)10-4-9(14)5-11(8(10)2)20(13,16)17/h4-5,7H,6H2,1-3H3. The molecule has 1 aromatic rings. The molecule has 0 bridgehead atoms. The van der Waals surface area contributed by atoms with Crippen molar-refractivity contribution < 1.29 is 27.1 Å². The molecule has 20 heavy (non-hydrogen) atoms. The third-order valence-electron chi connectivity index (χ3n) is 2.52. The first-order valence-corrected chi connectivity index (χ1v) is 7.92. The summed E-state index contributed by atoms with van der Waals surface area (Å²) in [5.74, 6) is -1.73. The van der Waals surface area contributed by atoms with Crippen molar-refractivity contribution in [2.75, 3.05) is 13.7 Å². The van der Waals surface area contributed by atoms with Crippen LogP contribution in [0.5, 0.6) is 0 Å². The first-order chi connectivity index (χ1) is 9.16. The van der Waals surface area contributed by atoms with Gasteiger partial charge in [-0.15, -0.1) is 0 Å². The molecule has 1 atom stereocenters. The Hall–Kier alpha value is -1.18. The first kappa shape index (κ1) is 16.9. The van der Waals surface area contributed by atoms with Crippen LogP contribution in [-0.4, -0.2) is 34.2 Å². The molecule has 1 unspecified atom stereocenters. The summed E-state index contributed by atoms with van der Waals surface area (Å²) in [4.78, 5) is 11.4. The number of hydrogen-bond acceptors (Lipinski definition) is 5. The van der Waals surface area contributed by atoms with Gasteiger partial charge in [0.05, 0.1) is 17.1 Å². The quantitative estimate of drug-likeness (QED) is 0.613. The number of carbonyl (C=O) groups is 1. The van der Waals surface area contributed by atoms with Crippen molar-refractivity contribution in [3.63, 3.8) is 0 Å². The van der Waals surface area contributed by atoms with Crippen LogP contribution in [0, 0.1) is 12.7 Å². The van der Waals surface area contributed by atoms with Crippen LogP contribution in [0.25, 0.3) is 0 Å². The van der Waals surface area contributed by atoms with Crippen LogP contribution >= 0.6 is 10.7 Å². The molecule has 0 aliphatic rings. The SMILES string of the molecule is COCC(C)OC(=O)c1cc(F)cc(S(=O)(=O)Cl)c1C. The molecule has 0 amide bonds. The van der Waals surface area contributed by atoms with Crippen LogP contribution in [0.15, 0.2) is 17.0 Å². The van der Waals surface area contributed by atoms with Crippen molar-refractivity contribution in [1.29, 1.82) is 0 Å². The van der Waals surface area contributed by atoms with Crippen LogP contribution in [0.1, 0.15) is 22.8 Å². The number of hydrogen-bond donors (Lipinski definition) is 0. The van der Waals surface area contributed by atoms with Gasteiger partial charge in [-0.2, -0.15) is 0 Å². The molecule has 5 nitrogen and oxygen atoms in total. The summed E-state index contributed by atoms with van der Waals surface area (Å²) >= 11 is 0. The molecule has 0 aliphatic heterocycles. The highest BCUT2D eigenvalue weighted by Gasteiger charge is 2.23. The Morgan fingerprint density at radius 3 is 2.55 bits per heavy atom. The number of rotatable bonds is 5. The molecule has 112 valence electrons. The lowest BCUT2D eigenvalue weighted by molar-refractivity contribution is 0.0119. The average molecular weight is 325 g/mol. The average Bonchev–Trinajstić information content (AvgIpc) is 2.30. The zero-order chi connectivity index (χ0) is 15.5. The Kier molecular flexibility index (Phi) is 5.50. The molecule has 0 radical (unpaired) electrons. The van der Waals surface area contributed by atoms with Gasteiger partial charge in [0.15, 0.2) is 0 Å². The van der Waals surface area contributed by atoms with E-state index in [1.165, 1.54) is 14.0 Å². The predicted molar refractivity (Wildman–Crippen MR) is 70.9 cm³/mol. The van der Waals surface area contributed by atoms with Crippen LogP contribution in [-0.2, 0) is 18.5 Å². The van der Waals surface area contributed by atoms with Gasteiger partial charge in [0, 0.05) is 17.8 Å². The van der Waals surface area contributed by atoms with E-state index >= 15 is 0 Å². The zero-order valence-corrected chi connectivity index (χ0v) is 12.7. The molecule has 1 rings (SSSR count). The van der Waals surface area contributed by atoms with Crippen molar-refractivity contribution in [2.45, 2.75) is 24.8 Å². The number of halogens is 2. The second kappa shape index (κ2) is 6.51. The fraction of sp³-hybridized carbons (Fsp3) is 0.417. The van der Waals surface area contributed by atoms with E-state index in [4.69, 9.17) is 20.2 Å². The number of benzene rings is 1. The fourth-order valence-corrected chi connectivity index (χ4v) is 2.84. The summed E-state index contributed by atoms with van der Waals surface area (Å²) in [6, 6.07) is 1.66. The number of carbonyl (C=O) groups excluding carboxylic acids is 1. The Bertz CT molecular complexity index is 615. The molecule has 0 saturated carbocycles. The summed E-state index contributed by atoms with van der Waals surface area (Å²) in [7, 11) is 2.49. The van der Waals surface area contributed by atoms with E-state index in [1.54, 1.807) is 6.92 Å². The van der Waals surface area contributed by atoms with E-state index < -0.39 is 31.8 Å². The van der Waals surface area contributed by atoms with Crippen LogP contribution in [0.3, 0.4) is 0 Å². The third-order valence-corrected chi connectivity index (χ3v) is 3.97. The molecule has 0 heterocycles. The number of esters is 1. The van der Waals surface area contributed by atoms with Crippen molar-refractivity contribution >= 4 is 25.7 Å². The molecular weight excluding hydrogens is 311 g/mol. The van der Waals surface area contributed by atoms with Crippen molar-refractivity contribution in [3.8, 4) is 0 Å². The predicted octanol–water partition coefficient (Wildman–Crippen LogP) is 2.25. The van der Waals surface area contributed by atoms with Crippen LogP contribution in [0.2, 0.25) is 0 Å². The van der Waals surface area contributed by atoms with Crippen LogP contribution < -0.4 is 0 Å². The monoisotopic (exact) mass is 324 g/mol. The largest absolute Gasteiger partial charge is 0.457 e. The topological polar surface area (TPSA) is 69.7 Å². The minimum Gasteiger partial charge on any atom is -0.457 e. The molecule has 0 aromatic heterocycles. The lowest BCUT2D eigenvalue weighted by Crippen LogP contribution is -2.20. The van der Waals surface area contributed by atoms with Gasteiger partial charge in [-0.25, -0.2) is 17.6 Å². The van der Waals surface area contributed by atoms with Gasteiger partial charge in [-0.05, 0) is 31.5 Å². The Morgan fingerprint density at radius 2 is 2.05 bits per heavy atom. The zero-order valence-electron chi connectivity index (χ0n) is 11.1. The van der Waals surface area contributed by atoms with Gasteiger partial charge in [0.1, 0.15) is 11.9 Å². The summed E-state index contributed by atoms with van der Waals surface area (Å²) in [6.45, 7) is 3.11. The molecule has 0 N–H and O–H groups in total. The molecule has 1 aromatic carbocycles. The van der Waals surface area contributed by atoms with Gasteiger partial charge >= 0.3 is 5.97 Å².